The summed E-state index contributed by atoms with van der Waals surface area (Å²) in [6, 6.07) is 6.66. The standard InChI is InChI=1S/C12H18N2/c1-11(12-7-3-4-8-13-12)14-9-5-2-6-10-14/h3-4,7-8,11H,2,5-6,9-10H2,1H3/t11-/m0/s1. The Hall–Kier alpha value is -0.890. The van der Waals surface area contributed by atoms with Crippen LogP contribution in [0.15, 0.2) is 24.4 Å². The number of nitrogens with zero attached hydrogens (tertiary/aromatic N) is 2. The fourth-order valence-electron chi connectivity index (χ4n) is 2.12. The Morgan fingerprint density at radius 2 is 2.00 bits per heavy atom. The van der Waals surface area contributed by atoms with Gasteiger partial charge in [0.2, 0.25) is 0 Å². The molecule has 2 rings (SSSR count). The summed E-state index contributed by atoms with van der Waals surface area (Å²) in [5, 5.41) is 0. The van der Waals surface area contributed by atoms with Crippen molar-refractivity contribution in [2.45, 2.75) is 32.2 Å². The van der Waals surface area contributed by atoms with Gasteiger partial charge in [-0.1, -0.05) is 12.5 Å². The van der Waals surface area contributed by atoms with E-state index in [0.717, 1.165) is 0 Å². The first-order valence-electron chi connectivity index (χ1n) is 5.53. The molecular weight excluding hydrogens is 172 g/mol. The van der Waals surface area contributed by atoms with E-state index in [0.29, 0.717) is 6.04 Å². The highest BCUT2D eigenvalue weighted by Gasteiger charge is 2.18. The van der Waals surface area contributed by atoms with Crippen LogP contribution in [0.1, 0.15) is 37.9 Å². The van der Waals surface area contributed by atoms with Crippen LogP contribution in [0.4, 0.5) is 0 Å². The van der Waals surface area contributed by atoms with E-state index in [9.17, 15) is 0 Å². The van der Waals surface area contributed by atoms with Crippen LogP contribution < -0.4 is 0 Å². The van der Waals surface area contributed by atoms with Crippen LogP contribution in [0.5, 0.6) is 0 Å². The fourth-order valence-corrected chi connectivity index (χ4v) is 2.12. The third-order valence-corrected chi connectivity index (χ3v) is 3.05. The van der Waals surface area contributed by atoms with Crippen molar-refractivity contribution < 1.29 is 0 Å². The lowest BCUT2D eigenvalue weighted by Gasteiger charge is -2.31. The molecule has 1 aromatic rings. The van der Waals surface area contributed by atoms with Crippen molar-refractivity contribution in [1.29, 1.82) is 0 Å². The second kappa shape index (κ2) is 4.56. The Morgan fingerprint density at radius 1 is 1.21 bits per heavy atom. The molecule has 0 N–H and O–H groups in total. The minimum Gasteiger partial charge on any atom is -0.295 e. The fraction of sp³-hybridized carbons (Fsp3) is 0.583. The normalized spacial score (nSPS) is 20.6. The molecule has 0 saturated carbocycles. The zero-order valence-corrected chi connectivity index (χ0v) is 8.82. The number of hydrogen-bond acceptors (Lipinski definition) is 2. The molecule has 0 amide bonds. The van der Waals surface area contributed by atoms with Gasteiger partial charge in [0, 0.05) is 12.2 Å². The van der Waals surface area contributed by atoms with E-state index >= 15 is 0 Å². The lowest BCUT2D eigenvalue weighted by atomic mass is 10.1. The third-order valence-electron chi connectivity index (χ3n) is 3.05. The molecule has 0 unspecified atom stereocenters. The summed E-state index contributed by atoms with van der Waals surface area (Å²) < 4.78 is 0. The van der Waals surface area contributed by atoms with Gasteiger partial charge in [0.05, 0.1) is 5.69 Å². The smallest absolute Gasteiger partial charge is 0.0572 e. The van der Waals surface area contributed by atoms with Crippen molar-refractivity contribution in [3.63, 3.8) is 0 Å². The van der Waals surface area contributed by atoms with Gasteiger partial charge in [-0.15, -0.1) is 0 Å². The number of pyridine rings is 1. The van der Waals surface area contributed by atoms with Crippen LogP contribution in [0, 0.1) is 0 Å². The van der Waals surface area contributed by atoms with Gasteiger partial charge in [-0.25, -0.2) is 0 Å². The molecule has 0 aliphatic carbocycles. The molecule has 0 bridgehead atoms. The zero-order valence-electron chi connectivity index (χ0n) is 8.82. The van der Waals surface area contributed by atoms with Crippen molar-refractivity contribution in [3.05, 3.63) is 30.1 Å². The molecule has 1 aliphatic heterocycles. The second-order valence-electron chi connectivity index (χ2n) is 4.03. The molecule has 1 fully saturated rings. The SMILES string of the molecule is C[C@@H](c1ccccn1)N1CCCCC1. The molecule has 2 heterocycles. The summed E-state index contributed by atoms with van der Waals surface area (Å²) in [5.41, 5.74) is 1.20. The Morgan fingerprint density at radius 3 is 2.64 bits per heavy atom. The van der Waals surface area contributed by atoms with Crippen LogP contribution in [0.2, 0.25) is 0 Å². The van der Waals surface area contributed by atoms with Gasteiger partial charge >= 0.3 is 0 Å². The average molecular weight is 190 g/mol. The molecule has 0 radical (unpaired) electrons. The Kier molecular flexibility index (Phi) is 3.14. The quantitative estimate of drug-likeness (QED) is 0.712. The predicted molar refractivity (Wildman–Crippen MR) is 58.1 cm³/mol. The van der Waals surface area contributed by atoms with Gasteiger partial charge in [-0.2, -0.15) is 0 Å². The summed E-state index contributed by atoms with van der Waals surface area (Å²) in [6.07, 6.45) is 5.97. The molecule has 2 nitrogen and oxygen atoms in total. The van der Waals surface area contributed by atoms with E-state index in [1.54, 1.807) is 0 Å². The summed E-state index contributed by atoms with van der Waals surface area (Å²) in [7, 11) is 0. The first kappa shape index (κ1) is 9.66. The van der Waals surface area contributed by atoms with Gasteiger partial charge in [0.15, 0.2) is 0 Å². The van der Waals surface area contributed by atoms with Crippen LogP contribution in [0.25, 0.3) is 0 Å². The molecular formula is C12H18N2. The molecule has 0 spiro atoms. The summed E-state index contributed by atoms with van der Waals surface area (Å²) in [4.78, 5) is 6.95. The largest absolute Gasteiger partial charge is 0.295 e. The maximum Gasteiger partial charge on any atom is 0.0572 e. The van der Waals surface area contributed by atoms with Gasteiger partial charge < -0.3 is 0 Å². The predicted octanol–water partition coefficient (Wildman–Crippen LogP) is 2.63. The summed E-state index contributed by atoms with van der Waals surface area (Å²) in [6.45, 7) is 4.73. The Labute approximate surface area is 86.0 Å². The third kappa shape index (κ3) is 2.13. The number of aromatic nitrogens is 1. The van der Waals surface area contributed by atoms with Crippen molar-refractivity contribution in [2.75, 3.05) is 13.1 Å². The number of hydrogen-bond donors (Lipinski definition) is 0. The van der Waals surface area contributed by atoms with Crippen molar-refractivity contribution in [2.24, 2.45) is 0 Å². The molecule has 1 saturated heterocycles. The van der Waals surface area contributed by atoms with Crippen molar-refractivity contribution >= 4 is 0 Å². The van der Waals surface area contributed by atoms with Gasteiger partial charge in [-0.05, 0) is 45.0 Å². The highest BCUT2D eigenvalue weighted by molar-refractivity contribution is 5.08. The lowest BCUT2D eigenvalue weighted by Crippen LogP contribution is -2.32. The molecule has 0 aromatic carbocycles. The van der Waals surface area contributed by atoms with E-state index in [1.165, 1.54) is 38.0 Å². The van der Waals surface area contributed by atoms with Crippen LogP contribution in [-0.2, 0) is 0 Å². The molecule has 2 heteroatoms. The van der Waals surface area contributed by atoms with E-state index in [2.05, 4.69) is 28.9 Å². The molecule has 14 heavy (non-hydrogen) atoms. The van der Waals surface area contributed by atoms with Crippen LogP contribution in [-0.4, -0.2) is 23.0 Å². The second-order valence-corrected chi connectivity index (χ2v) is 4.03. The molecule has 1 aliphatic rings. The van der Waals surface area contributed by atoms with E-state index < -0.39 is 0 Å². The van der Waals surface area contributed by atoms with Crippen molar-refractivity contribution in [3.8, 4) is 0 Å². The van der Waals surface area contributed by atoms with Gasteiger partial charge in [0.25, 0.3) is 0 Å². The summed E-state index contributed by atoms with van der Waals surface area (Å²) >= 11 is 0. The number of piperidine rings is 1. The van der Waals surface area contributed by atoms with Crippen molar-refractivity contribution in [1.82, 2.24) is 9.88 Å². The Bertz CT molecular complexity index is 265. The topological polar surface area (TPSA) is 16.1 Å². The van der Waals surface area contributed by atoms with Gasteiger partial charge in [-0.3, -0.25) is 9.88 Å². The monoisotopic (exact) mass is 190 g/mol. The Balaban J connectivity index is 2.03. The van der Waals surface area contributed by atoms with Crippen LogP contribution in [0.3, 0.4) is 0 Å². The van der Waals surface area contributed by atoms with Crippen LogP contribution >= 0.6 is 0 Å². The average Bonchev–Trinajstić information content (AvgIpc) is 2.30. The van der Waals surface area contributed by atoms with Gasteiger partial charge in [0.1, 0.15) is 0 Å². The minimum absolute atomic E-state index is 0.483. The number of rotatable bonds is 2. The maximum atomic E-state index is 4.41. The first-order chi connectivity index (χ1) is 6.88. The van der Waals surface area contributed by atoms with E-state index in [1.807, 2.05) is 12.3 Å². The highest BCUT2D eigenvalue weighted by atomic mass is 15.2. The van der Waals surface area contributed by atoms with E-state index in [-0.39, 0.29) is 0 Å². The zero-order chi connectivity index (χ0) is 9.80. The maximum absolute atomic E-state index is 4.41. The lowest BCUT2D eigenvalue weighted by molar-refractivity contribution is 0.172. The first-order valence-corrected chi connectivity index (χ1v) is 5.53. The molecule has 1 atom stereocenters. The summed E-state index contributed by atoms with van der Waals surface area (Å²) in [5.74, 6) is 0. The minimum atomic E-state index is 0.483. The highest BCUT2D eigenvalue weighted by Crippen LogP contribution is 2.21. The molecule has 76 valence electrons. The molecule has 1 aromatic heterocycles. The van der Waals surface area contributed by atoms with E-state index in [4.69, 9.17) is 0 Å². The number of likely N-dealkylation sites (tertiary alicyclic amines) is 1.